The molecule has 0 N–H and O–H groups in total. The van der Waals surface area contributed by atoms with E-state index in [1.807, 2.05) is 43.3 Å². The van der Waals surface area contributed by atoms with Crippen molar-refractivity contribution in [3.05, 3.63) is 59.4 Å². The van der Waals surface area contributed by atoms with Crippen LogP contribution in [-0.4, -0.2) is 37.5 Å². The van der Waals surface area contributed by atoms with Crippen molar-refractivity contribution in [1.82, 2.24) is 30.4 Å². The molecule has 28 heavy (non-hydrogen) atoms. The quantitative estimate of drug-likeness (QED) is 0.433. The van der Waals surface area contributed by atoms with Crippen molar-refractivity contribution < 1.29 is 9.15 Å². The van der Waals surface area contributed by atoms with Crippen molar-refractivity contribution in [2.24, 2.45) is 0 Å². The number of ether oxygens (including phenoxy) is 1. The summed E-state index contributed by atoms with van der Waals surface area (Å²) in [7, 11) is 1.62. The van der Waals surface area contributed by atoms with Crippen molar-refractivity contribution in [3.63, 3.8) is 0 Å². The van der Waals surface area contributed by atoms with E-state index >= 15 is 0 Å². The molecule has 2 heterocycles. The molecule has 0 fully saturated rings. The van der Waals surface area contributed by atoms with Crippen LogP contribution in [0.15, 0.2) is 58.1 Å². The van der Waals surface area contributed by atoms with Gasteiger partial charge in [0.15, 0.2) is 0 Å². The first-order valence-corrected chi connectivity index (χ1v) is 9.58. The number of rotatable bonds is 6. The Bertz CT molecular complexity index is 1060. The van der Waals surface area contributed by atoms with Crippen LogP contribution in [0.3, 0.4) is 0 Å². The van der Waals surface area contributed by atoms with Crippen LogP contribution in [0.4, 0.5) is 0 Å². The lowest BCUT2D eigenvalue weighted by atomic mass is 10.2. The van der Waals surface area contributed by atoms with Gasteiger partial charge in [-0.05, 0) is 65.9 Å². The van der Waals surface area contributed by atoms with Gasteiger partial charge < -0.3 is 9.15 Å². The Morgan fingerprint density at radius 2 is 1.79 bits per heavy atom. The second-order valence-electron chi connectivity index (χ2n) is 5.78. The van der Waals surface area contributed by atoms with Crippen molar-refractivity contribution in [3.8, 4) is 22.9 Å². The number of nitrogens with zero attached hydrogens (tertiary/aromatic N) is 6. The lowest BCUT2D eigenvalue weighted by Crippen LogP contribution is -2.00. The lowest BCUT2D eigenvalue weighted by molar-refractivity contribution is 0.415. The Balaban J connectivity index is 1.52. The monoisotopic (exact) mass is 414 g/mol. The predicted molar refractivity (Wildman–Crippen MR) is 105 cm³/mol. The maximum absolute atomic E-state index is 5.95. The van der Waals surface area contributed by atoms with Crippen molar-refractivity contribution >= 4 is 23.4 Å². The van der Waals surface area contributed by atoms with E-state index < -0.39 is 0 Å². The third kappa shape index (κ3) is 3.85. The first kappa shape index (κ1) is 18.5. The third-order valence-corrected chi connectivity index (χ3v) is 5.19. The van der Waals surface area contributed by atoms with E-state index in [-0.39, 0.29) is 5.25 Å². The fourth-order valence-corrected chi connectivity index (χ4v) is 3.42. The first-order chi connectivity index (χ1) is 13.6. The van der Waals surface area contributed by atoms with Crippen LogP contribution < -0.4 is 4.74 Å². The number of aromatic nitrogens is 6. The number of hydrogen-bond acceptors (Lipinski definition) is 8. The molecule has 0 bridgehead atoms. The van der Waals surface area contributed by atoms with Gasteiger partial charge in [-0.2, -0.15) is 4.68 Å². The normalized spacial score (nSPS) is 12.1. The summed E-state index contributed by atoms with van der Waals surface area (Å²) in [5.41, 5.74) is 1.64. The second kappa shape index (κ2) is 7.99. The van der Waals surface area contributed by atoms with E-state index in [2.05, 4.69) is 25.7 Å². The molecule has 0 saturated carbocycles. The minimum atomic E-state index is -0.142. The van der Waals surface area contributed by atoms with Crippen LogP contribution in [0.2, 0.25) is 5.02 Å². The molecular formula is C18H15ClN6O2S. The van der Waals surface area contributed by atoms with E-state index in [0.717, 1.165) is 17.0 Å². The molecule has 1 atom stereocenters. The summed E-state index contributed by atoms with van der Waals surface area (Å²) in [6.45, 7) is 1.96. The van der Waals surface area contributed by atoms with E-state index in [1.54, 1.807) is 23.9 Å². The molecule has 142 valence electrons. The number of hydrogen-bond donors (Lipinski definition) is 0. The molecule has 2 aromatic carbocycles. The number of tetrazole rings is 1. The number of thioether (sulfide) groups is 1. The highest BCUT2D eigenvalue weighted by Crippen LogP contribution is 2.34. The fraction of sp³-hybridized carbons (Fsp3) is 0.167. The molecule has 10 heteroatoms. The molecule has 0 unspecified atom stereocenters. The van der Waals surface area contributed by atoms with Gasteiger partial charge in [0, 0.05) is 10.6 Å². The zero-order chi connectivity index (χ0) is 19.5. The average Bonchev–Trinajstić information content (AvgIpc) is 3.39. The number of benzene rings is 2. The maximum Gasteiger partial charge on any atom is 0.247 e. The van der Waals surface area contributed by atoms with Gasteiger partial charge in [0.05, 0.1) is 18.0 Å². The predicted octanol–water partition coefficient (Wildman–Crippen LogP) is 4.23. The van der Waals surface area contributed by atoms with Gasteiger partial charge in [-0.15, -0.1) is 15.3 Å². The van der Waals surface area contributed by atoms with Crippen molar-refractivity contribution in [1.29, 1.82) is 0 Å². The van der Waals surface area contributed by atoms with Crippen LogP contribution in [0.25, 0.3) is 17.1 Å². The summed E-state index contributed by atoms with van der Waals surface area (Å²) in [5.74, 6) is 1.70. The molecular weight excluding hydrogens is 400 g/mol. The van der Waals surface area contributed by atoms with Crippen LogP contribution in [0.5, 0.6) is 5.75 Å². The van der Waals surface area contributed by atoms with Gasteiger partial charge in [-0.3, -0.25) is 0 Å². The van der Waals surface area contributed by atoms with Crippen LogP contribution in [0.1, 0.15) is 18.1 Å². The summed E-state index contributed by atoms with van der Waals surface area (Å²) in [6.07, 6.45) is 0. The second-order valence-corrected chi connectivity index (χ2v) is 7.53. The Hall–Kier alpha value is -2.91. The Morgan fingerprint density at radius 1 is 1.04 bits per heavy atom. The minimum Gasteiger partial charge on any atom is -0.497 e. The summed E-state index contributed by atoms with van der Waals surface area (Å²) in [6, 6.07) is 14.7. The summed E-state index contributed by atoms with van der Waals surface area (Å²) < 4.78 is 12.6. The smallest absolute Gasteiger partial charge is 0.247 e. The summed E-state index contributed by atoms with van der Waals surface area (Å²) >= 11 is 7.37. The van der Waals surface area contributed by atoms with Gasteiger partial charge in [0.25, 0.3) is 0 Å². The van der Waals surface area contributed by atoms with E-state index in [9.17, 15) is 0 Å². The topological polar surface area (TPSA) is 91.8 Å². The molecule has 0 radical (unpaired) electrons. The van der Waals surface area contributed by atoms with Gasteiger partial charge in [-0.25, -0.2) is 0 Å². The Labute approximate surface area is 169 Å². The van der Waals surface area contributed by atoms with Gasteiger partial charge >= 0.3 is 0 Å². The Kier molecular flexibility index (Phi) is 5.27. The van der Waals surface area contributed by atoms with Crippen molar-refractivity contribution in [2.45, 2.75) is 17.3 Å². The molecule has 0 aliphatic rings. The van der Waals surface area contributed by atoms with E-state index in [4.69, 9.17) is 20.8 Å². The average molecular weight is 415 g/mol. The maximum atomic E-state index is 5.95. The number of halogens is 1. The van der Waals surface area contributed by atoms with Crippen LogP contribution in [0, 0.1) is 0 Å². The van der Waals surface area contributed by atoms with Gasteiger partial charge in [0.1, 0.15) is 5.75 Å². The van der Waals surface area contributed by atoms with Crippen LogP contribution >= 0.6 is 23.4 Å². The van der Waals surface area contributed by atoms with Gasteiger partial charge in [0.2, 0.25) is 16.9 Å². The third-order valence-electron chi connectivity index (χ3n) is 3.92. The summed E-state index contributed by atoms with van der Waals surface area (Å²) in [5, 5.41) is 21.3. The highest BCUT2D eigenvalue weighted by molar-refractivity contribution is 7.99. The molecule has 0 aliphatic carbocycles. The zero-order valence-corrected chi connectivity index (χ0v) is 16.6. The van der Waals surface area contributed by atoms with Crippen molar-refractivity contribution in [2.75, 3.05) is 7.11 Å². The molecule has 0 spiro atoms. The minimum absolute atomic E-state index is 0.142. The molecule has 0 saturated heterocycles. The molecule has 0 amide bonds. The molecule has 4 aromatic rings. The molecule has 4 rings (SSSR count). The van der Waals surface area contributed by atoms with Crippen LogP contribution in [-0.2, 0) is 0 Å². The highest BCUT2D eigenvalue weighted by Gasteiger charge is 2.20. The SMILES string of the molecule is COc1ccc(-c2nnc([C@H](C)Sc3nnnn3-c3ccc(Cl)cc3)o2)cc1. The molecule has 8 nitrogen and oxygen atoms in total. The highest BCUT2D eigenvalue weighted by atomic mass is 35.5. The zero-order valence-electron chi connectivity index (χ0n) is 15.0. The van der Waals surface area contributed by atoms with Gasteiger partial charge in [-0.1, -0.05) is 23.4 Å². The standard InChI is InChI=1S/C18H15ClN6O2S/c1-11(16-20-21-17(27-16)12-3-9-15(26-2)10-4-12)28-18-22-23-24-25(18)14-7-5-13(19)6-8-14/h3-11H,1-2H3/t11-/m0/s1. The molecule has 0 aliphatic heterocycles. The van der Waals surface area contributed by atoms with E-state index in [0.29, 0.717) is 22.0 Å². The largest absolute Gasteiger partial charge is 0.497 e. The summed E-state index contributed by atoms with van der Waals surface area (Å²) in [4.78, 5) is 0. The first-order valence-electron chi connectivity index (χ1n) is 8.33. The Morgan fingerprint density at radius 3 is 2.50 bits per heavy atom. The number of methoxy groups -OCH3 is 1. The fourth-order valence-electron chi connectivity index (χ4n) is 2.45. The van der Waals surface area contributed by atoms with E-state index in [1.165, 1.54) is 11.8 Å². The lowest BCUT2D eigenvalue weighted by Gasteiger charge is -2.07. The molecule has 2 aromatic heterocycles.